The van der Waals surface area contributed by atoms with Crippen LogP contribution in [0.3, 0.4) is 0 Å². The average molecular weight is 505 g/mol. The lowest BCUT2D eigenvalue weighted by Gasteiger charge is -2.20. The number of rotatable bonds is 6. The fourth-order valence-corrected chi connectivity index (χ4v) is 4.60. The van der Waals surface area contributed by atoms with Gasteiger partial charge in [-0.1, -0.05) is 37.6 Å². The summed E-state index contributed by atoms with van der Waals surface area (Å²) >= 11 is 4.19. The molecule has 0 spiro atoms. The summed E-state index contributed by atoms with van der Waals surface area (Å²) in [5.74, 6) is -1.74. The van der Waals surface area contributed by atoms with E-state index in [1.54, 1.807) is 49.6 Å². The Morgan fingerprint density at radius 2 is 1.31 bits per heavy atom. The molecule has 6 nitrogen and oxygen atoms in total. The number of hydrogen-bond acceptors (Lipinski definition) is 7. The second-order valence-corrected chi connectivity index (χ2v) is 9.12. The third-order valence-electron chi connectivity index (χ3n) is 6.46. The van der Waals surface area contributed by atoms with Gasteiger partial charge < -0.3 is 19.0 Å². The Kier molecular flexibility index (Phi) is 7.13. The quantitative estimate of drug-likeness (QED) is 0.161. The highest BCUT2D eigenvalue weighted by Gasteiger charge is 2.32. The molecule has 0 atom stereocenters. The van der Waals surface area contributed by atoms with Crippen molar-refractivity contribution in [1.29, 1.82) is 0 Å². The predicted octanol–water partition coefficient (Wildman–Crippen LogP) is 6.35. The summed E-state index contributed by atoms with van der Waals surface area (Å²) in [7, 11) is 0. The summed E-state index contributed by atoms with van der Waals surface area (Å²) < 4.78 is 11.1. The van der Waals surface area contributed by atoms with Crippen LogP contribution in [0.2, 0.25) is 0 Å². The summed E-state index contributed by atoms with van der Waals surface area (Å²) in [5, 5.41) is 25.0. The predicted molar refractivity (Wildman–Crippen MR) is 145 cm³/mol. The maximum Gasteiger partial charge on any atom is 0.344 e. The Balaban J connectivity index is 2.13. The second-order valence-electron chi connectivity index (χ2n) is 8.87. The highest BCUT2D eigenvalue weighted by atomic mass is 32.1. The number of thiol groups is 1. The van der Waals surface area contributed by atoms with Gasteiger partial charge in [-0.2, -0.15) is 12.6 Å². The van der Waals surface area contributed by atoms with E-state index < -0.39 is 17.2 Å². The first-order valence-corrected chi connectivity index (χ1v) is 12.3. The third-order valence-corrected chi connectivity index (χ3v) is 6.87. The molecule has 0 amide bonds. The maximum absolute atomic E-state index is 13.3. The van der Waals surface area contributed by atoms with Crippen LogP contribution >= 0.6 is 12.6 Å². The van der Waals surface area contributed by atoms with Crippen molar-refractivity contribution in [3.8, 4) is 11.5 Å². The normalized spacial score (nSPS) is 12.7. The highest BCUT2D eigenvalue weighted by molar-refractivity contribution is 7.83. The van der Waals surface area contributed by atoms with Crippen LogP contribution < -0.4 is 11.3 Å². The number of allylic oxidation sites excluding steroid dienone is 3. The Morgan fingerprint density at radius 3 is 1.69 bits per heavy atom. The van der Waals surface area contributed by atoms with Gasteiger partial charge in [0.05, 0.1) is 27.8 Å². The van der Waals surface area contributed by atoms with E-state index in [1.807, 2.05) is 26.0 Å². The largest absolute Gasteiger partial charge is 0.507 e. The van der Waals surface area contributed by atoms with E-state index in [2.05, 4.69) is 12.6 Å². The first-order chi connectivity index (χ1) is 17.2. The van der Waals surface area contributed by atoms with Crippen molar-refractivity contribution in [3.63, 3.8) is 0 Å². The van der Waals surface area contributed by atoms with Gasteiger partial charge in [-0.3, -0.25) is 0 Å². The molecular weight excluding hydrogens is 476 g/mol. The molecule has 4 aromatic rings. The molecule has 0 radical (unpaired) electrons. The van der Waals surface area contributed by atoms with E-state index in [0.717, 1.165) is 16.7 Å². The van der Waals surface area contributed by atoms with Crippen molar-refractivity contribution in [2.24, 2.45) is 0 Å². The van der Waals surface area contributed by atoms with Gasteiger partial charge in [-0.15, -0.1) is 0 Å². The molecule has 0 fully saturated rings. The number of benzene rings is 2. The Bertz CT molecular complexity index is 1550. The highest BCUT2D eigenvalue weighted by Crippen LogP contribution is 2.42. The van der Waals surface area contributed by atoms with E-state index in [-0.39, 0.29) is 33.8 Å². The van der Waals surface area contributed by atoms with Crippen LogP contribution in [0.5, 0.6) is 11.5 Å². The van der Waals surface area contributed by atoms with Crippen molar-refractivity contribution >= 4 is 34.6 Å². The van der Waals surface area contributed by atoms with Crippen molar-refractivity contribution in [2.75, 3.05) is 0 Å². The van der Waals surface area contributed by atoms with Gasteiger partial charge in [-0.05, 0) is 73.1 Å². The molecule has 0 bridgehead atoms. The minimum Gasteiger partial charge on any atom is -0.507 e. The maximum atomic E-state index is 13.3. The molecular formula is C29H28O6S. The molecule has 2 N–H and O–H groups in total. The van der Waals surface area contributed by atoms with Gasteiger partial charge in [0.1, 0.15) is 22.7 Å². The lowest BCUT2D eigenvalue weighted by molar-refractivity contribution is 0.440. The van der Waals surface area contributed by atoms with Crippen LogP contribution in [-0.4, -0.2) is 10.2 Å². The summed E-state index contributed by atoms with van der Waals surface area (Å²) in [4.78, 5) is 26.5. The lowest BCUT2D eigenvalue weighted by atomic mass is 9.84. The average Bonchev–Trinajstić information content (AvgIpc) is 2.87. The fraction of sp³-hybridized carbons (Fsp3) is 0.241. The smallest absolute Gasteiger partial charge is 0.344 e. The van der Waals surface area contributed by atoms with Crippen molar-refractivity contribution in [1.82, 2.24) is 0 Å². The van der Waals surface area contributed by atoms with Crippen LogP contribution in [0, 0.1) is 0 Å². The fourth-order valence-electron chi connectivity index (χ4n) is 4.52. The van der Waals surface area contributed by atoms with Gasteiger partial charge in [-0.25, -0.2) is 9.59 Å². The first-order valence-electron chi connectivity index (χ1n) is 11.8. The van der Waals surface area contributed by atoms with E-state index in [9.17, 15) is 19.8 Å². The zero-order valence-corrected chi connectivity index (χ0v) is 21.5. The minimum atomic E-state index is -1.13. The number of hydrogen-bond donors (Lipinski definition) is 3. The first kappa shape index (κ1) is 25.4. The van der Waals surface area contributed by atoms with Crippen LogP contribution in [0.15, 0.2) is 77.5 Å². The van der Waals surface area contributed by atoms with Crippen LogP contribution in [-0.2, 0) is 12.8 Å². The topological polar surface area (TPSA) is 101 Å². The van der Waals surface area contributed by atoms with Crippen LogP contribution in [0.1, 0.15) is 55.9 Å². The second kappa shape index (κ2) is 10.1. The third kappa shape index (κ3) is 4.46. The summed E-state index contributed by atoms with van der Waals surface area (Å²) in [6, 6.07) is 10.4. The molecule has 0 aliphatic rings. The molecule has 36 heavy (non-hydrogen) atoms. The molecule has 0 saturated carbocycles. The number of aryl methyl sites for hydroxylation is 2. The Morgan fingerprint density at radius 1 is 0.861 bits per heavy atom. The SMILES string of the molecule is CCc1ccc2oc(=O)c(C(/C(C)=C/C(C)=C\S)c3c(O)c4cc(CC)ccc4oc3=O)c(O)c2c1. The molecule has 4 rings (SSSR count). The molecule has 7 heteroatoms. The molecule has 0 aliphatic carbocycles. The Hall–Kier alpha value is -3.71. The summed E-state index contributed by atoms with van der Waals surface area (Å²) in [6.07, 6.45) is 3.16. The van der Waals surface area contributed by atoms with Gasteiger partial charge >= 0.3 is 11.3 Å². The van der Waals surface area contributed by atoms with Gasteiger partial charge in [0, 0.05) is 0 Å². The molecule has 2 aromatic carbocycles. The molecule has 186 valence electrons. The minimum absolute atomic E-state index is 0.148. The van der Waals surface area contributed by atoms with Gasteiger partial charge in [0.15, 0.2) is 0 Å². The summed E-state index contributed by atoms with van der Waals surface area (Å²) in [5.41, 5.74) is 1.68. The molecule has 0 aliphatic heterocycles. The standard InChI is InChI=1S/C29H28O6S/c1-5-17-7-9-21-19(12-17)26(30)24(28(32)34-21)23(16(4)11-15(3)14-36)25-27(31)20-13-18(6-2)8-10-22(20)35-29(25)33/h7-14,23,30-31,36H,5-6H2,1-4H3/b15-14-,16-11+. The zero-order chi connectivity index (χ0) is 26.1. The summed E-state index contributed by atoms with van der Waals surface area (Å²) in [6.45, 7) is 7.47. The van der Waals surface area contributed by atoms with Crippen LogP contribution in [0.4, 0.5) is 0 Å². The Labute approximate surface area is 213 Å². The zero-order valence-electron chi connectivity index (χ0n) is 20.6. The monoisotopic (exact) mass is 504 g/mol. The number of fused-ring (bicyclic) bond motifs is 2. The van der Waals surface area contributed by atoms with Crippen molar-refractivity contribution < 1.29 is 19.0 Å². The van der Waals surface area contributed by atoms with E-state index >= 15 is 0 Å². The molecule has 2 heterocycles. The van der Waals surface area contributed by atoms with E-state index in [4.69, 9.17) is 8.83 Å². The van der Waals surface area contributed by atoms with E-state index in [1.165, 1.54) is 0 Å². The molecule has 0 unspecified atom stereocenters. The molecule has 2 aromatic heterocycles. The van der Waals surface area contributed by atoms with Crippen molar-refractivity contribution in [3.05, 3.63) is 102 Å². The van der Waals surface area contributed by atoms with Gasteiger partial charge in [0.2, 0.25) is 0 Å². The lowest BCUT2D eigenvalue weighted by Crippen LogP contribution is -2.21. The van der Waals surface area contributed by atoms with Crippen LogP contribution in [0.25, 0.3) is 21.9 Å². The van der Waals surface area contributed by atoms with Gasteiger partial charge in [0.25, 0.3) is 0 Å². The number of aromatic hydroxyl groups is 2. The van der Waals surface area contributed by atoms with Crippen molar-refractivity contribution in [2.45, 2.75) is 46.5 Å². The molecule has 0 saturated heterocycles. The van der Waals surface area contributed by atoms with E-state index in [0.29, 0.717) is 29.2 Å².